The van der Waals surface area contributed by atoms with Crippen LogP contribution in [0.15, 0.2) is 18.2 Å². The summed E-state index contributed by atoms with van der Waals surface area (Å²) in [4.78, 5) is 28.6. The molecule has 0 saturated heterocycles. The van der Waals surface area contributed by atoms with Gasteiger partial charge in [0, 0.05) is 17.0 Å². The Morgan fingerprint density at radius 1 is 1.39 bits per heavy atom. The minimum atomic E-state index is -0.246. The minimum Gasteiger partial charge on any atom is -0.484 e. The van der Waals surface area contributed by atoms with Crippen molar-refractivity contribution >= 4 is 34.0 Å². The van der Waals surface area contributed by atoms with Crippen LogP contribution in [0, 0.1) is 13.8 Å². The first-order valence-corrected chi connectivity index (χ1v) is 8.12. The fourth-order valence-corrected chi connectivity index (χ4v) is 3.11. The van der Waals surface area contributed by atoms with E-state index in [1.54, 1.807) is 12.1 Å². The summed E-state index contributed by atoms with van der Waals surface area (Å²) >= 11 is 1.44. The number of fused-ring (bicyclic) bond motifs is 1. The molecular formula is C16H17N3O3S. The first-order chi connectivity index (χ1) is 11.0. The van der Waals surface area contributed by atoms with Crippen LogP contribution in [-0.4, -0.2) is 23.4 Å². The molecule has 2 N–H and O–H groups in total. The average molecular weight is 331 g/mol. The molecule has 1 aliphatic heterocycles. The zero-order chi connectivity index (χ0) is 16.4. The highest BCUT2D eigenvalue weighted by Crippen LogP contribution is 2.27. The van der Waals surface area contributed by atoms with Crippen LogP contribution in [0.1, 0.15) is 22.6 Å². The molecular weight excluding hydrogens is 314 g/mol. The van der Waals surface area contributed by atoms with Gasteiger partial charge in [-0.15, -0.1) is 11.3 Å². The summed E-state index contributed by atoms with van der Waals surface area (Å²) in [5.41, 5.74) is 2.75. The van der Waals surface area contributed by atoms with Gasteiger partial charge >= 0.3 is 0 Å². The highest BCUT2D eigenvalue weighted by Gasteiger charge is 2.15. The number of carbonyl (C=O) groups excluding carboxylic acids is 2. The maximum atomic E-state index is 11.9. The standard InChI is InChI=1S/C16H17N3O3S/c1-9-10(2)23-16(17-9)19-15(21)8-22-12-4-5-13-11(7-12)3-6-14(20)18-13/h4-5,7H,3,6,8H2,1-2H3,(H,18,20)(H,17,19,21). The van der Waals surface area contributed by atoms with Crippen LogP contribution in [0.3, 0.4) is 0 Å². The third-order valence-electron chi connectivity index (χ3n) is 3.62. The Labute approximate surface area is 137 Å². The largest absolute Gasteiger partial charge is 0.484 e. The molecule has 0 saturated carbocycles. The molecule has 120 valence electrons. The van der Waals surface area contributed by atoms with Crippen LogP contribution in [0.5, 0.6) is 5.75 Å². The van der Waals surface area contributed by atoms with Gasteiger partial charge in [-0.1, -0.05) is 0 Å². The number of benzene rings is 1. The fraction of sp³-hybridized carbons (Fsp3) is 0.312. The second-order valence-corrected chi connectivity index (χ2v) is 6.57. The Morgan fingerprint density at radius 3 is 2.96 bits per heavy atom. The number of amides is 2. The highest BCUT2D eigenvalue weighted by atomic mass is 32.1. The number of thiazole rings is 1. The van der Waals surface area contributed by atoms with Crippen molar-refractivity contribution in [3.63, 3.8) is 0 Å². The Morgan fingerprint density at radius 2 is 2.22 bits per heavy atom. The number of ether oxygens (including phenoxy) is 1. The summed E-state index contributed by atoms with van der Waals surface area (Å²) in [5.74, 6) is 0.394. The molecule has 0 bridgehead atoms. The molecule has 0 fully saturated rings. The molecule has 2 aromatic rings. The topological polar surface area (TPSA) is 80.3 Å². The summed E-state index contributed by atoms with van der Waals surface area (Å²) in [5, 5.41) is 6.12. The van der Waals surface area contributed by atoms with Crippen molar-refractivity contribution in [2.24, 2.45) is 0 Å². The van der Waals surface area contributed by atoms with Crippen LogP contribution >= 0.6 is 11.3 Å². The molecule has 7 heteroatoms. The minimum absolute atomic E-state index is 0.0274. The molecule has 0 unspecified atom stereocenters. The van der Waals surface area contributed by atoms with Gasteiger partial charge in [0.1, 0.15) is 5.75 Å². The Kier molecular flexibility index (Phi) is 4.29. The number of anilines is 2. The number of rotatable bonds is 4. The molecule has 23 heavy (non-hydrogen) atoms. The number of hydrogen-bond acceptors (Lipinski definition) is 5. The summed E-state index contributed by atoms with van der Waals surface area (Å²) in [7, 11) is 0. The fourth-order valence-electron chi connectivity index (χ4n) is 2.28. The van der Waals surface area contributed by atoms with Gasteiger partial charge < -0.3 is 10.1 Å². The van der Waals surface area contributed by atoms with Crippen LogP contribution in [-0.2, 0) is 16.0 Å². The molecule has 0 atom stereocenters. The summed E-state index contributed by atoms with van der Waals surface area (Å²) in [6.07, 6.45) is 1.15. The van der Waals surface area contributed by atoms with Gasteiger partial charge in [-0.05, 0) is 44.0 Å². The number of nitrogens with zero attached hydrogens (tertiary/aromatic N) is 1. The van der Waals surface area contributed by atoms with Gasteiger partial charge in [-0.25, -0.2) is 4.98 Å². The average Bonchev–Trinajstić information content (AvgIpc) is 2.83. The molecule has 0 aliphatic carbocycles. The first-order valence-electron chi connectivity index (χ1n) is 7.31. The van der Waals surface area contributed by atoms with E-state index >= 15 is 0 Å². The molecule has 0 radical (unpaired) electrons. The highest BCUT2D eigenvalue weighted by molar-refractivity contribution is 7.15. The van der Waals surface area contributed by atoms with Crippen molar-refractivity contribution in [1.29, 1.82) is 0 Å². The maximum absolute atomic E-state index is 11.9. The van der Waals surface area contributed by atoms with Crippen LogP contribution in [0.2, 0.25) is 0 Å². The quantitative estimate of drug-likeness (QED) is 0.902. The van der Waals surface area contributed by atoms with E-state index in [-0.39, 0.29) is 18.4 Å². The lowest BCUT2D eigenvalue weighted by molar-refractivity contribution is -0.118. The van der Waals surface area contributed by atoms with E-state index in [0.717, 1.165) is 21.8 Å². The van der Waals surface area contributed by atoms with Gasteiger partial charge in [-0.2, -0.15) is 0 Å². The van der Waals surface area contributed by atoms with E-state index in [9.17, 15) is 9.59 Å². The predicted molar refractivity (Wildman–Crippen MR) is 89.1 cm³/mol. The third kappa shape index (κ3) is 3.68. The Hall–Kier alpha value is -2.41. The van der Waals surface area contributed by atoms with Crippen molar-refractivity contribution in [1.82, 2.24) is 4.98 Å². The number of nitrogens with one attached hydrogen (secondary N) is 2. The summed E-state index contributed by atoms with van der Waals surface area (Å²) in [6.45, 7) is 3.79. The lowest BCUT2D eigenvalue weighted by atomic mass is 10.0. The molecule has 6 nitrogen and oxygen atoms in total. The lowest BCUT2D eigenvalue weighted by Crippen LogP contribution is -2.21. The zero-order valence-corrected chi connectivity index (χ0v) is 13.8. The predicted octanol–water partition coefficient (Wildman–Crippen LogP) is 2.66. The summed E-state index contributed by atoms with van der Waals surface area (Å²) in [6, 6.07) is 5.41. The van der Waals surface area contributed by atoms with E-state index in [0.29, 0.717) is 23.7 Å². The second-order valence-electron chi connectivity index (χ2n) is 5.36. The van der Waals surface area contributed by atoms with Crippen molar-refractivity contribution in [3.8, 4) is 5.75 Å². The van der Waals surface area contributed by atoms with Crippen LogP contribution in [0.4, 0.5) is 10.8 Å². The zero-order valence-electron chi connectivity index (χ0n) is 12.9. The third-order valence-corrected chi connectivity index (χ3v) is 4.61. The maximum Gasteiger partial charge on any atom is 0.264 e. The first kappa shape index (κ1) is 15.5. The van der Waals surface area contributed by atoms with E-state index in [4.69, 9.17) is 4.74 Å². The van der Waals surface area contributed by atoms with E-state index in [1.807, 2.05) is 19.9 Å². The number of carbonyl (C=O) groups is 2. The SMILES string of the molecule is Cc1nc(NC(=O)COc2ccc3c(c2)CCC(=O)N3)sc1C. The van der Waals surface area contributed by atoms with Gasteiger partial charge in [-0.3, -0.25) is 14.9 Å². The van der Waals surface area contributed by atoms with E-state index < -0.39 is 0 Å². The molecule has 3 rings (SSSR count). The smallest absolute Gasteiger partial charge is 0.264 e. The molecule has 1 aliphatic rings. The normalized spacial score (nSPS) is 13.2. The molecule has 1 aromatic carbocycles. The number of hydrogen-bond donors (Lipinski definition) is 2. The molecule has 1 aromatic heterocycles. The van der Waals surface area contributed by atoms with E-state index in [1.165, 1.54) is 11.3 Å². The molecule has 2 heterocycles. The van der Waals surface area contributed by atoms with E-state index in [2.05, 4.69) is 15.6 Å². The van der Waals surface area contributed by atoms with Crippen LogP contribution < -0.4 is 15.4 Å². The second kappa shape index (κ2) is 6.37. The van der Waals surface area contributed by atoms with Gasteiger partial charge in [0.05, 0.1) is 5.69 Å². The Balaban J connectivity index is 1.57. The van der Waals surface area contributed by atoms with Crippen molar-refractivity contribution in [2.45, 2.75) is 26.7 Å². The van der Waals surface area contributed by atoms with Crippen molar-refractivity contribution < 1.29 is 14.3 Å². The monoisotopic (exact) mass is 331 g/mol. The van der Waals surface area contributed by atoms with Gasteiger partial charge in [0.2, 0.25) is 5.91 Å². The van der Waals surface area contributed by atoms with Gasteiger partial charge in [0.15, 0.2) is 11.7 Å². The van der Waals surface area contributed by atoms with Gasteiger partial charge in [0.25, 0.3) is 5.91 Å². The summed E-state index contributed by atoms with van der Waals surface area (Å²) < 4.78 is 5.52. The molecule has 2 amide bonds. The van der Waals surface area contributed by atoms with Crippen LogP contribution in [0.25, 0.3) is 0 Å². The van der Waals surface area contributed by atoms with Crippen molar-refractivity contribution in [2.75, 3.05) is 17.2 Å². The number of aromatic nitrogens is 1. The van der Waals surface area contributed by atoms with Crippen molar-refractivity contribution in [3.05, 3.63) is 34.3 Å². The lowest BCUT2D eigenvalue weighted by Gasteiger charge is -2.17. The number of aryl methyl sites for hydroxylation is 3. The Bertz CT molecular complexity index is 750. The molecule has 0 spiro atoms.